The second-order valence-electron chi connectivity index (χ2n) is 4.93. The maximum Gasteiger partial charge on any atom is 0.0431 e. The van der Waals surface area contributed by atoms with E-state index in [1.54, 1.807) is 0 Å². The number of anilines is 1. The van der Waals surface area contributed by atoms with E-state index in [-0.39, 0.29) is 5.92 Å². The van der Waals surface area contributed by atoms with E-state index in [9.17, 15) is 0 Å². The first-order chi connectivity index (χ1) is 9.16. The standard InChI is InChI=1S/C17H20N2/c1-13-8-10-16(11-9-13)19-12-14(2)17(18)15-6-4-3-5-7-15/h3-11,14,18-19H,12H2,1-2H3. The highest BCUT2D eigenvalue weighted by molar-refractivity contribution is 5.99. The molecule has 2 N–H and O–H groups in total. The maximum absolute atomic E-state index is 8.20. The van der Waals surface area contributed by atoms with Crippen LogP contribution < -0.4 is 5.32 Å². The van der Waals surface area contributed by atoms with Crippen molar-refractivity contribution in [2.24, 2.45) is 5.92 Å². The Kier molecular flexibility index (Phi) is 4.35. The van der Waals surface area contributed by atoms with Gasteiger partial charge in [-0.05, 0) is 24.6 Å². The highest BCUT2D eigenvalue weighted by Crippen LogP contribution is 2.12. The van der Waals surface area contributed by atoms with Crippen LogP contribution >= 0.6 is 0 Å². The zero-order chi connectivity index (χ0) is 13.7. The van der Waals surface area contributed by atoms with Gasteiger partial charge in [0.1, 0.15) is 0 Å². The topological polar surface area (TPSA) is 35.9 Å². The minimum atomic E-state index is 0.184. The van der Waals surface area contributed by atoms with E-state index in [1.807, 2.05) is 30.3 Å². The fourth-order valence-corrected chi connectivity index (χ4v) is 1.95. The molecule has 0 fully saturated rings. The van der Waals surface area contributed by atoms with Crippen LogP contribution in [0.15, 0.2) is 54.6 Å². The van der Waals surface area contributed by atoms with Gasteiger partial charge in [-0.2, -0.15) is 0 Å². The zero-order valence-corrected chi connectivity index (χ0v) is 11.5. The molecule has 0 aliphatic carbocycles. The summed E-state index contributed by atoms with van der Waals surface area (Å²) in [6, 6.07) is 18.3. The number of rotatable bonds is 5. The van der Waals surface area contributed by atoms with Crippen LogP contribution in [0.1, 0.15) is 18.1 Å². The van der Waals surface area contributed by atoms with Gasteiger partial charge in [0.25, 0.3) is 0 Å². The minimum Gasteiger partial charge on any atom is -0.384 e. The lowest BCUT2D eigenvalue weighted by molar-refractivity contribution is 0.811. The van der Waals surface area contributed by atoms with E-state index in [0.717, 1.165) is 17.8 Å². The van der Waals surface area contributed by atoms with Gasteiger partial charge in [0, 0.05) is 23.9 Å². The van der Waals surface area contributed by atoms with Crippen LogP contribution in [0.4, 0.5) is 5.69 Å². The van der Waals surface area contributed by atoms with Gasteiger partial charge in [-0.25, -0.2) is 0 Å². The minimum absolute atomic E-state index is 0.184. The van der Waals surface area contributed by atoms with Gasteiger partial charge >= 0.3 is 0 Å². The lowest BCUT2D eigenvalue weighted by Gasteiger charge is -2.15. The Bertz CT molecular complexity index is 529. The van der Waals surface area contributed by atoms with Crippen LogP contribution in [-0.2, 0) is 0 Å². The monoisotopic (exact) mass is 252 g/mol. The highest BCUT2D eigenvalue weighted by Gasteiger charge is 2.10. The van der Waals surface area contributed by atoms with Gasteiger partial charge < -0.3 is 10.7 Å². The van der Waals surface area contributed by atoms with Gasteiger partial charge in [0.05, 0.1) is 0 Å². The molecule has 0 saturated heterocycles. The molecule has 2 aromatic carbocycles. The Morgan fingerprint density at radius 2 is 1.68 bits per heavy atom. The summed E-state index contributed by atoms with van der Waals surface area (Å²) in [4.78, 5) is 0. The Labute approximate surface area is 115 Å². The van der Waals surface area contributed by atoms with Crippen molar-refractivity contribution >= 4 is 11.4 Å². The van der Waals surface area contributed by atoms with Crippen molar-refractivity contribution in [2.75, 3.05) is 11.9 Å². The molecule has 0 amide bonds. The molecule has 0 bridgehead atoms. The van der Waals surface area contributed by atoms with Gasteiger partial charge in [0.2, 0.25) is 0 Å². The summed E-state index contributed by atoms with van der Waals surface area (Å²) in [5.74, 6) is 0.184. The van der Waals surface area contributed by atoms with E-state index in [1.165, 1.54) is 5.56 Å². The van der Waals surface area contributed by atoms with E-state index in [2.05, 4.69) is 43.4 Å². The Morgan fingerprint density at radius 1 is 1.05 bits per heavy atom. The van der Waals surface area contributed by atoms with Crippen molar-refractivity contribution < 1.29 is 0 Å². The molecule has 1 unspecified atom stereocenters. The summed E-state index contributed by atoms with van der Waals surface area (Å²) in [6.07, 6.45) is 0. The van der Waals surface area contributed by atoms with Crippen LogP contribution in [0, 0.1) is 18.3 Å². The SMILES string of the molecule is Cc1ccc(NCC(C)C(=N)c2ccccc2)cc1. The van der Waals surface area contributed by atoms with Crippen molar-refractivity contribution in [1.82, 2.24) is 0 Å². The molecule has 0 aliphatic heterocycles. The summed E-state index contributed by atoms with van der Waals surface area (Å²) >= 11 is 0. The normalized spacial score (nSPS) is 11.9. The van der Waals surface area contributed by atoms with Gasteiger partial charge in [0.15, 0.2) is 0 Å². The number of aryl methyl sites for hydroxylation is 1. The van der Waals surface area contributed by atoms with Crippen molar-refractivity contribution in [1.29, 1.82) is 5.41 Å². The van der Waals surface area contributed by atoms with Crippen molar-refractivity contribution in [3.05, 3.63) is 65.7 Å². The van der Waals surface area contributed by atoms with Crippen LogP contribution in [0.2, 0.25) is 0 Å². The van der Waals surface area contributed by atoms with Crippen LogP contribution in [-0.4, -0.2) is 12.3 Å². The molecule has 1 atom stereocenters. The molecule has 2 aromatic rings. The predicted molar refractivity (Wildman–Crippen MR) is 82.1 cm³/mol. The third kappa shape index (κ3) is 3.68. The molecule has 2 rings (SSSR count). The zero-order valence-electron chi connectivity index (χ0n) is 11.5. The van der Waals surface area contributed by atoms with Crippen LogP contribution in [0.25, 0.3) is 0 Å². The molecular weight excluding hydrogens is 232 g/mol. The number of nitrogens with one attached hydrogen (secondary N) is 2. The molecule has 2 nitrogen and oxygen atoms in total. The molecule has 0 saturated carbocycles. The lowest BCUT2D eigenvalue weighted by atomic mass is 9.98. The molecule has 0 aromatic heterocycles. The second-order valence-corrected chi connectivity index (χ2v) is 4.93. The highest BCUT2D eigenvalue weighted by atomic mass is 14.9. The predicted octanol–water partition coefficient (Wildman–Crippen LogP) is 4.11. The first-order valence-electron chi connectivity index (χ1n) is 6.61. The quantitative estimate of drug-likeness (QED) is 0.772. The summed E-state index contributed by atoms with van der Waals surface area (Å²) in [5, 5.41) is 11.6. The largest absolute Gasteiger partial charge is 0.384 e. The number of hydrogen-bond acceptors (Lipinski definition) is 2. The molecule has 0 aliphatic rings. The Balaban J connectivity index is 1.92. The molecule has 19 heavy (non-hydrogen) atoms. The molecule has 98 valence electrons. The summed E-state index contributed by atoms with van der Waals surface area (Å²) in [7, 11) is 0. The van der Waals surface area contributed by atoms with E-state index in [4.69, 9.17) is 5.41 Å². The van der Waals surface area contributed by atoms with Gasteiger partial charge in [-0.1, -0.05) is 55.0 Å². The van der Waals surface area contributed by atoms with Crippen LogP contribution in [0.5, 0.6) is 0 Å². The maximum atomic E-state index is 8.20. The van der Waals surface area contributed by atoms with Crippen molar-refractivity contribution in [3.8, 4) is 0 Å². The molecule has 2 heteroatoms. The van der Waals surface area contributed by atoms with Crippen LogP contribution in [0.3, 0.4) is 0 Å². The molecule has 0 radical (unpaired) electrons. The summed E-state index contributed by atoms with van der Waals surface area (Å²) in [5.41, 5.74) is 4.05. The fraction of sp³-hybridized carbons (Fsp3) is 0.235. The van der Waals surface area contributed by atoms with E-state index >= 15 is 0 Å². The third-order valence-electron chi connectivity index (χ3n) is 3.24. The fourth-order valence-electron chi connectivity index (χ4n) is 1.95. The molecular formula is C17H20N2. The Hall–Kier alpha value is -2.09. The molecule has 0 heterocycles. The third-order valence-corrected chi connectivity index (χ3v) is 3.24. The first-order valence-corrected chi connectivity index (χ1v) is 6.61. The van der Waals surface area contributed by atoms with Gasteiger partial charge in [-0.15, -0.1) is 0 Å². The lowest BCUT2D eigenvalue weighted by Crippen LogP contribution is -2.20. The smallest absolute Gasteiger partial charge is 0.0431 e. The first kappa shape index (κ1) is 13.3. The average Bonchev–Trinajstić information content (AvgIpc) is 2.46. The summed E-state index contributed by atoms with van der Waals surface area (Å²) in [6.45, 7) is 4.94. The van der Waals surface area contributed by atoms with Crippen molar-refractivity contribution in [3.63, 3.8) is 0 Å². The number of hydrogen-bond donors (Lipinski definition) is 2. The summed E-state index contributed by atoms with van der Waals surface area (Å²) < 4.78 is 0. The van der Waals surface area contributed by atoms with Gasteiger partial charge in [-0.3, -0.25) is 0 Å². The Morgan fingerprint density at radius 3 is 2.32 bits per heavy atom. The van der Waals surface area contributed by atoms with E-state index < -0.39 is 0 Å². The second kappa shape index (κ2) is 6.19. The average molecular weight is 252 g/mol. The number of benzene rings is 2. The van der Waals surface area contributed by atoms with Crippen molar-refractivity contribution in [2.45, 2.75) is 13.8 Å². The molecule has 0 spiro atoms. The van der Waals surface area contributed by atoms with E-state index in [0.29, 0.717) is 5.71 Å².